The molecular weight excluding hydrogens is 419 g/mol. The molecule has 0 aliphatic heterocycles. The number of hydrogen-bond donors (Lipinski definition) is 2. The smallest absolute Gasteiger partial charge is 0.744 e. The third-order valence-corrected chi connectivity index (χ3v) is 5.35. The van der Waals surface area contributed by atoms with Crippen LogP contribution in [0.4, 0.5) is 11.4 Å². The van der Waals surface area contributed by atoms with Gasteiger partial charge in [-0.3, -0.25) is 4.55 Å². The summed E-state index contributed by atoms with van der Waals surface area (Å²) in [5.41, 5.74) is -0.0531. The Kier molecular flexibility index (Phi) is 6.61. The molecular formula is C16H11N2NaO7S2. The van der Waals surface area contributed by atoms with Crippen LogP contribution in [0.15, 0.2) is 74.6 Å². The normalized spacial score (nSPS) is 12.2. The number of phenols is 1. The van der Waals surface area contributed by atoms with E-state index in [2.05, 4.69) is 10.2 Å². The molecule has 0 heterocycles. The third kappa shape index (κ3) is 4.75. The quantitative estimate of drug-likeness (QED) is 0.338. The minimum Gasteiger partial charge on any atom is -0.744 e. The monoisotopic (exact) mass is 430 g/mol. The second kappa shape index (κ2) is 8.25. The zero-order valence-electron chi connectivity index (χ0n) is 14.3. The van der Waals surface area contributed by atoms with Gasteiger partial charge in [0.1, 0.15) is 15.8 Å². The molecule has 12 heteroatoms. The maximum Gasteiger partial charge on any atom is 1.00 e. The molecule has 140 valence electrons. The van der Waals surface area contributed by atoms with Gasteiger partial charge >= 0.3 is 29.6 Å². The summed E-state index contributed by atoms with van der Waals surface area (Å²) in [4.78, 5) is -1.16. The summed E-state index contributed by atoms with van der Waals surface area (Å²) in [6.07, 6.45) is 0. The molecule has 0 saturated heterocycles. The average molecular weight is 430 g/mol. The first-order valence-corrected chi connectivity index (χ1v) is 10.1. The maximum atomic E-state index is 11.4. The van der Waals surface area contributed by atoms with Gasteiger partial charge in [0.15, 0.2) is 5.75 Å². The van der Waals surface area contributed by atoms with Crippen LogP contribution in [0.2, 0.25) is 0 Å². The van der Waals surface area contributed by atoms with Crippen LogP contribution in [-0.4, -0.2) is 31.0 Å². The van der Waals surface area contributed by atoms with Crippen molar-refractivity contribution in [3.8, 4) is 5.75 Å². The van der Waals surface area contributed by atoms with Gasteiger partial charge in [-0.15, -0.1) is 5.11 Å². The standard InChI is InChI=1S/C16H12N2O7S2.Na/c19-16-14(27(23,24)25)9-10-3-1-2-4-13(10)15(16)18-17-11-5-7-12(8-6-11)26(20,21)22;/h1-9,19H,(H,20,21,22)(H,23,24,25);/q;+1/p-1. The zero-order chi connectivity index (χ0) is 19.8. The first-order valence-electron chi connectivity index (χ1n) is 7.27. The van der Waals surface area contributed by atoms with Crippen molar-refractivity contribution >= 4 is 42.4 Å². The summed E-state index contributed by atoms with van der Waals surface area (Å²) in [5, 5.41) is 18.6. The van der Waals surface area contributed by atoms with E-state index in [1.165, 1.54) is 12.1 Å². The third-order valence-electron chi connectivity index (χ3n) is 3.63. The summed E-state index contributed by atoms with van der Waals surface area (Å²) >= 11 is 0. The van der Waals surface area contributed by atoms with Gasteiger partial charge in [-0.05, 0) is 35.7 Å². The van der Waals surface area contributed by atoms with E-state index < -0.39 is 30.9 Å². The Labute approximate surface area is 182 Å². The molecule has 0 saturated carbocycles. The second-order valence-electron chi connectivity index (χ2n) is 5.42. The Morgan fingerprint density at radius 2 is 1.50 bits per heavy atom. The van der Waals surface area contributed by atoms with Crippen LogP contribution in [0, 0.1) is 0 Å². The molecule has 0 aliphatic carbocycles. The number of aromatic hydroxyl groups is 1. The Bertz CT molecular complexity index is 1270. The minimum atomic E-state index is -4.95. The Hall–Kier alpha value is -1.86. The molecule has 0 radical (unpaired) electrons. The molecule has 28 heavy (non-hydrogen) atoms. The van der Waals surface area contributed by atoms with Gasteiger partial charge in [-0.2, -0.15) is 13.5 Å². The van der Waals surface area contributed by atoms with Gasteiger partial charge in [0.05, 0.1) is 15.5 Å². The second-order valence-corrected chi connectivity index (χ2v) is 8.19. The number of hydrogen-bond acceptors (Lipinski definition) is 8. The van der Waals surface area contributed by atoms with E-state index in [0.29, 0.717) is 10.8 Å². The molecule has 0 amide bonds. The maximum absolute atomic E-state index is 11.4. The fourth-order valence-corrected chi connectivity index (χ4v) is 3.46. The van der Waals surface area contributed by atoms with Crippen LogP contribution in [0.25, 0.3) is 10.8 Å². The van der Waals surface area contributed by atoms with Crippen molar-refractivity contribution in [1.82, 2.24) is 0 Å². The summed E-state index contributed by atoms with van der Waals surface area (Å²) in [5.74, 6) is -0.831. The molecule has 3 aromatic rings. The predicted octanol–water partition coefficient (Wildman–Crippen LogP) is 0.116. The molecule has 0 fully saturated rings. The van der Waals surface area contributed by atoms with Gasteiger partial charge in [-0.25, -0.2) is 8.42 Å². The van der Waals surface area contributed by atoms with Crippen molar-refractivity contribution in [3.63, 3.8) is 0 Å². The van der Waals surface area contributed by atoms with E-state index in [1.807, 2.05) is 0 Å². The first kappa shape index (κ1) is 22.4. The Balaban J connectivity index is 0.00000280. The molecule has 0 aliphatic rings. The molecule has 3 aromatic carbocycles. The topological polar surface area (TPSA) is 157 Å². The Morgan fingerprint density at radius 1 is 0.893 bits per heavy atom. The SMILES string of the molecule is O=S(=O)([O-])c1cc2ccccc2c(N=Nc2ccc(S(=O)(=O)O)cc2)c1O.[Na+]. The van der Waals surface area contributed by atoms with Crippen LogP contribution in [0.5, 0.6) is 5.75 Å². The van der Waals surface area contributed by atoms with Gasteiger partial charge in [0.25, 0.3) is 10.1 Å². The van der Waals surface area contributed by atoms with Gasteiger partial charge in [0.2, 0.25) is 0 Å². The number of rotatable bonds is 4. The van der Waals surface area contributed by atoms with Crippen LogP contribution in [-0.2, 0) is 20.2 Å². The fourth-order valence-electron chi connectivity index (χ4n) is 2.38. The number of azo groups is 1. The summed E-state index contributed by atoms with van der Waals surface area (Å²) in [6.45, 7) is 0. The predicted molar refractivity (Wildman–Crippen MR) is 94.0 cm³/mol. The number of fused-ring (bicyclic) bond motifs is 1. The van der Waals surface area contributed by atoms with Crippen LogP contribution >= 0.6 is 0 Å². The first-order chi connectivity index (χ1) is 12.6. The molecule has 0 unspecified atom stereocenters. The molecule has 0 atom stereocenters. The number of benzene rings is 3. The van der Waals surface area contributed by atoms with Gasteiger partial charge in [0, 0.05) is 5.39 Å². The summed E-state index contributed by atoms with van der Waals surface area (Å²) in [6, 6.07) is 12.1. The Morgan fingerprint density at radius 3 is 2.07 bits per heavy atom. The van der Waals surface area contributed by atoms with Crippen molar-refractivity contribution < 1.29 is 60.6 Å². The van der Waals surface area contributed by atoms with E-state index >= 15 is 0 Å². The molecule has 0 aromatic heterocycles. The van der Waals surface area contributed by atoms with E-state index in [1.54, 1.807) is 24.3 Å². The largest absolute Gasteiger partial charge is 1.00 e. The number of nitrogens with zero attached hydrogens (tertiary/aromatic N) is 2. The summed E-state index contributed by atoms with van der Waals surface area (Å²) in [7, 11) is -9.31. The van der Waals surface area contributed by atoms with E-state index in [-0.39, 0.29) is 45.8 Å². The van der Waals surface area contributed by atoms with Crippen molar-refractivity contribution in [2.24, 2.45) is 10.2 Å². The minimum absolute atomic E-state index is 0. The van der Waals surface area contributed by atoms with Gasteiger partial charge in [-0.1, -0.05) is 24.3 Å². The fraction of sp³-hybridized carbons (Fsp3) is 0. The van der Waals surface area contributed by atoms with Crippen molar-refractivity contribution in [1.29, 1.82) is 0 Å². The number of phenolic OH excluding ortho intramolecular Hbond substituents is 1. The van der Waals surface area contributed by atoms with Crippen molar-refractivity contribution in [3.05, 3.63) is 54.6 Å². The molecule has 0 spiro atoms. The average Bonchev–Trinajstić information content (AvgIpc) is 2.59. The van der Waals surface area contributed by atoms with E-state index in [9.17, 15) is 26.5 Å². The molecule has 9 nitrogen and oxygen atoms in total. The van der Waals surface area contributed by atoms with Crippen molar-refractivity contribution in [2.75, 3.05) is 0 Å². The van der Waals surface area contributed by atoms with Crippen LogP contribution in [0.3, 0.4) is 0 Å². The van der Waals surface area contributed by atoms with E-state index in [0.717, 1.165) is 18.2 Å². The summed E-state index contributed by atoms with van der Waals surface area (Å²) < 4.78 is 65.2. The zero-order valence-corrected chi connectivity index (χ0v) is 18.0. The van der Waals surface area contributed by atoms with Crippen LogP contribution < -0.4 is 29.6 Å². The molecule has 0 bridgehead atoms. The molecule has 3 rings (SSSR count). The molecule has 2 N–H and O–H groups in total. The van der Waals surface area contributed by atoms with Crippen molar-refractivity contribution in [2.45, 2.75) is 9.79 Å². The van der Waals surface area contributed by atoms with E-state index in [4.69, 9.17) is 4.55 Å². The van der Waals surface area contributed by atoms with Gasteiger partial charge < -0.3 is 9.66 Å². The van der Waals surface area contributed by atoms with Crippen LogP contribution in [0.1, 0.15) is 0 Å².